The molecule has 0 spiro atoms. The molecule has 0 saturated heterocycles. The average molecular weight is 483 g/mol. The third-order valence-corrected chi connectivity index (χ3v) is 4.01. The Kier molecular flexibility index (Phi) is 8.50. The van der Waals surface area contributed by atoms with E-state index in [4.69, 9.17) is 14.2 Å². The van der Waals surface area contributed by atoms with E-state index in [0.717, 1.165) is 22.8 Å². The van der Waals surface area contributed by atoms with E-state index in [1.807, 2.05) is 55.5 Å². The van der Waals surface area contributed by atoms with Crippen LogP contribution in [0.1, 0.15) is 12.5 Å². The van der Waals surface area contributed by atoms with E-state index in [1.165, 1.54) is 0 Å². The number of benzene rings is 2. The molecule has 1 heterocycles. The van der Waals surface area contributed by atoms with Crippen LogP contribution in [0.2, 0.25) is 0 Å². The molecule has 0 aliphatic carbocycles. The van der Waals surface area contributed by atoms with Gasteiger partial charge in [0.2, 0.25) is 0 Å². The van der Waals surface area contributed by atoms with E-state index in [-0.39, 0.29) is 30.1 Å². The summed E-state index contributed by atoms with van der Waals surface area (Å²) in [6, 6.07) is 15.7. The van der Waals surface area contributed by atoms with Gasteiger partial charge < -0.3 is 24.8 Å². The minimum Gasteiger partial charge on any atom is -0.494 e. The summed E-state index contributed by atoms with van der Waals surface area (Å²) in [6.45, 7) is 4.36. The molecule has 0 saturated carbocycles. The number of ether oxygens (including phenoxy) is 3. The van der Waals surface area contributed by atoms with Gasteiger partial charge in [-0.1, -0.05) is 30.3 Å². The van der Waals surface area contributed by atoms with Crippen LogP contribution in [-0.4, -0.2) is 38.9 Å². The molecule has 7 heteroatoms. The number of rotatable bonds is 6. The van der Waals surface area contributed by atoms with Crippen LogP contribution in [0.3, 0.4) is 0 Å². The van der Waals surface area contributed by atoms with Crippen molar-refractivity contribution in [1.82, 2.24) is 10.6 Å². The summed E-state index contributed by atoms with van der Waals surface area (Å²) in [4.78, 5) is 4.26. The maximum atomic E-state index is 5.95. The van der Waals surface area contributed by atoms with Crippen LogP contribution < -0.4 is 24.8 Å². The molecule has 0 amide bonds. The second-order valence-electron chi connectivity index (χ2n) is 5.85. The Morgan fingerprint density at radius 1 is 1.11 bits per heavy atom. The highest BCUT2D eigenvalue weighted by Crippen LogP contribution is 2.30. The predicted molar refractivity (Wildman–Crippen MR) is 118 cm³/mol. The first-order chi connectivity index (χ1) is 12.8. The van der Waals surface area contributed by atoms with Gasteiger partial charge in [0.15, 0.2) is 17.5 Å². The maximum absolute atomic E-state index is 5.95. The number of nitrogens with one attached hydrogen (secondary N) is 2. The van der Waals surface area contributed by atoms with Crippen molar-refractivity contribution < 1.29 is 14.2 Å². The Morgan fingerprint density at radius 2 is 1.85 bits per heavy atom. The van der Waals surface area contributed by atoms with Crippen molar-refractivity contribution in [3.63, 3.8) is 0 Å². The minimum absolute atomic E-state index is 0. The first-order valence-electron chi connectivity index (χ1n) is 8.84. The first kappa shape index (κ1) is 21.1. The zero-order valence-corrected chi connectivity index (χ0v) is 17.9. The van der Waals surface area contributed by atoms with Gasteiger partial charge in [-0.15, -0.1) is 24.0 Å². The smallest absolute Gasteiger partial charge is 0.191 e. The standard InChI is InChI=1S/C20H25N3O3.HI/c1-3-24-17-9-5-4-8-15(17)12-22-20(21-2)23-13-16-14-25-18-10-6-7-11-19(18)26-16;/h4-11,16H,3,12-14H2,1-2H3,(H2,21,22,23);1H. The Bertz CT molecular complexity index is 755. The molecule has 0 radical (unpaired) electrons. The highest BCUT2D eigenvalue weighted by Gasteiger charge is 2.20. The second kappa shape index (κ2) is 10.9. The van der Waals surface area contributed by atoms with E-state index in [9.17, 15) is 0 Å². The third-order valence-electron chi connectivity index (χ3n) is 4.01. The van der Waals surface area contributed by atoms with Crippen LogP contribution >= 0.6 is 24.0 Å². The van der Waals surface area contributed by atoms with Gasteiger partial charge in [-0.3, -0.25) is 4.99 Å². The van der Waals surface area contributed by atoms with E-state index in [0.29, 0.717) is 32.3 Å². The van der Waals surface area contributed by atoms with Crippen LogP contribution in [0.25, 0.3) is 0 Å². The van der Waals surface area contributed by atoms with Crippen molar-refractivity contribution in [3.05, 3.63) is 54.1 Å². The number of halogens is 1. The molecule has 2 N–H and O–H groups in total. The predicted octanol–water partition coefficient (Wildman–Crippen LogP) is 3.21. The molecule has 2 aromatic rings. The molecule has 146 valence electrons. The van der Waals surface area contributed by atoms with Crippen molar-refractivity contribution in [2.45, 2.75) is 19.6 Å². The quantitative estimate of drug-likeness (QED) is 0.376. The molecular weight excluding hydrogens is 457 g/mol. The van der Waals surface area contributed by atoms with Crippen LogP contribution in [0.4, 0.5) is 0 Å². The van der Waals surface area contributed by atoms with Gasteiger partial charge in [0.1, 0.15) is 18.5 Å². The number of nitrogens with zero attached hydrogens (tertiary/aromatic N) is 1. The second-order valence-corrected chi connectivity index (χ2v) is 5.85. The Morgan fingerprint density at radius 3 is 2.63 bits per heavy atom. The minimum atomic E-state index is -0.0702. The lowest BCUT2D eigenvalue weighted by Crippen LogP contribution is -2.45. The largest absolute Gasteiger partial charge is 0.494 e. The number of guanidine groups is 1. The molecule has 2 aromatic carbocycles. The van der Waals surface area contributed by atoms with Crippen LogP contribution in [0.15, 0.2) is 53.5 Å². The van der Waals surface area contributed by atoms with Gasteiger partial charge in [0, 0.05) is 19.2 Å². The fraction of sp³-hybridized carbons (Fsp3) is 0.350. The molecule has 0 bridgehead atoms. The van der Waals surface area contributed by atoms with Crippen LogP contribution in [0, 0.1) is 0 Å². The molecule has 1 aliphatic heterocycles. The average Bonchev–Trinajstić information content (AvgIpc) is 2.69. The fourth-order valence-corrected chi connectivity index (χ4v) is 2.72. The van der Waals surface area contributed by atoms with Crippen molar-refractivity contribution in [2.75, 3.05) is 26.8 Å². The van der Waals surface area contributed by atoms with Crippen molar-refractivity contribution in [3.8, 4) is 17.2 Å². The van der Waals surface area contributed by atoms with Crippen LogP contribution in [-0.2, 0) is 6.54 Å². The third kappa shape index (κ3) is 5.92. The van der Waals surface area contributed by atoms with Gasteiger partial charge in [-0.05, 0) is 25.1 Å². The number of hydrogen-bond donors (Lipinski definition) is 2. The van der Waals surface area contributed by atoms with Gasteiger partial charge in [-0.25, -0.2) is 0 Å². The zero-order chi connectivity index (χ0) is 18.2. The lowest BCUT2D eigenvalue weighted by molar-refractivity contribution is 0.0936. The van der Waals surface area contributed by atoms with E-state index in [1.54, 1.807) is 7.05 Å². The molecule has 3 rings (SSSR count). The van der Waals surface area contributed by atoms with Crippen molar-refractivity contribution in [1.29, 1.82) is 0 Å². The number of hydrogen-bond acceptors (Lipinski definition) is 4. The normalized spacial score (nSPS) is 15.5. The fourth-order valence-electron chi connectivity index (χ4n) is 2.72. The Balaban J connectivity index is 0.00000261. The zero-order valence-electron chi connectivity index (χ0n) is 15.6. The highest BCUT2D eigenvalue weighted by molar-refractivity contribution is 14.0. The molecule has 1 unspecified atom stereocenters. The van der Waals surface area contributed by atoms with Crippen molar-refractivity contribution in [2.24, 2.45) is 4.99 Å². The topological polar surface area (TPSA) is 64.1 Å². The number of para-hydroxylation sites is 3. The molecule has 0 aromatic heterocycles. The summed E-state index contributed by atoms with van der Waals surface area (Å²) in [5.41, 5.74) is 1.09. The lowest BCUT2D eigenvalue weighted by atomic mass is 10.2. The first-order valence-corrected chi connectivity index (χ1v) is 8.84. The summed E-state index contributed by atoms with van der Waals surface area (Å²) in [5.74, 6) is 3.16. The SMILES string of the molecule is CCOc1ccccc1CNC(=NC)NCC1COc2ccccc2O1.I. The van der Waals surface area contributed by atoms with E-state index in [2.05, 4.69) is 15.6 Å². The van der Waals surface area contributed by atoms with E-state index < -0.39 is 0 Å². The Hall–Kier alpha value is -2.16. The van der Waals surface area contributed by atoms with Gasteiger partial charge in [0.05, 0.1) is 13.2 Å². The number of aliphatic imine (C=N–C) groups is 1. The van der Waals surface area contributed by atoms with Crippen molar-refractivity contribution >= 4 is 29.9 Å². The monoisotopic (exact) mass is 483 g/mol. The molecular formula is C20H26IN3O3. The molecule has 1 atom stereocenters. The molecule has 6 nitrogen and oxygen atoms in total. The van der Waals surface area contributed by atoms with Gasteiger partial charge >= 0.3 is 0 Å². The highest BCUT2D eigenvalue weighted by atomic mass is 127. The lowest BCUT2D eigenvalue weighted by Gasteiger charge is -2.27. The molecule has 0 fully saturated rings. The summed E-state index contributed by atoms with van der Waals surface area (Å²) < 4.78 is 17.3. The van der Waals surface area contributed by atoms with Gasteiger partial charge in [0.25, 0.3) is 0 Å². The summed E-state index contributed by atoms with van der Waals surface area (Å²) >= 11 is 0. The Labute approximate surface area is 177 Å². The summed E-state index contributed by atoms with van der Waals surface area (Å²) in [7, 11) is 1.75. The van der Waals surface area contributed by atoms with E-state index >= 15 is 0 Å². The number of fused-ring (bicyclic) bond motifs is 1. The van der Waals surface area contributed by atoms with Crippen LogP contribution in [0.5, 0.6) is 17.2 Å². The molecule has 1 aliphatic rings. The maximum Gasteiger partial charge on any atom is 0.191 e. The molecule has 27 heavy (non-hydrogen) atoms. The van der Waals surface area contributed by atoms with Gasteiger partial charge in [-0.2, -0.15) is 0 Å². The summed E-state index contributed by atoms with van der Waals surface area (Å²) in [5, 5.41) is 6.59. The summed E-state index contributed by atoms with van der Waals surface area (Å²) in [6.07, 6.45) is -0.0702.